The molecule has 7 saturated carbocycles. The van der Waals surface area contributed by atoms with Gasteiger partial charge < -0.3 is 18.9 Å². The summed E-state index contributed by atoms with van der Waals surface area (Å²) >= 11 is 0. The van der Waals surface area contributed by atoms with Gasteiger partial charge in [-0.1, -0.05) is 144 Å². The van der Waals surface area contributed by atoms with E-state index in [1.54, 1.807) is 5.57 Å². The molecule has 17 atom stereocenters. The minimum absolute atomic E-state index is 0.0254. The average Bonchev–Trinajstić information content (AvgIpc) is 2.17. The van der Waals surface area contributed by atoms with E-state index in [2.05, 4.69) is 99.6 Å². The Bertz CT molecular complexity index is 2420. The lowest BCUT2D eigenvalue weighted by Gasteiger charge is -2.61. The third-order valence-electron chi connectivity index (χ3n) is 25.8. The first-order valence-electron chi connectivity index (χ1n) is 34.9. The van der Waals surface area contributed by atoms with Gasteiger partial charge >= 0.3 is 11.9 Å². The van der Waals surface area contributed by atoms with Crippen LogP contribution in [0.25, 0.3) is 11.1 Å². The Morgan fingerprint density at radius 2 is 1.00 bits per heavy atom. The molecule has 0 heterocycles. The maximum absolute atomic E-state index is 13.2. The monoisotopic (exact) mass is 1120 g/mol. The summed E-state index contributed by atoms with van der Waals surface area (Å²) in [6.07, 6.45) is 37.1. The molecule has 6 heteroatoms. The molecule has 0 aromatic heterocycles. The van der Waals surface area contributed by atoms with E-state index in [0.29, 0.717) is 54.6 Å². The van der Waals surface area contributed by atoms with Crippen LogP contribution in [-0.2, 0) is 19.1 Å². The molecule has 0 N–H and O–H groups in total. The molecule has 456 valence electrons. The van der Waals surface area contributed by atoms with Crippen molar-refractivity contribution in [1.29, 1.82) is 0 Å². The fourth-order valence-electron chi connectivity index (χ4n) is 21.2. The van der Waals surface area contributed by atoms with Gasteiger partial charge in [-0.05, 0) is 262 Å². The van der Waals surface area contributed by atoms with E-state index in [4.69, 9.17) is 18.9 Å². The van der Waals surface area contributed by atoms with Crippen molar-refractivity contribution in [2.75, 3.05) is 13.2 Å². The Balaban J connectivity index is 0.574. The Morgan fingerprint density at radius 1 is 0.488 bits per heavy atom. The number of benzene rings is 2. The minimum atomic E-state index is -0.0595. The fraction of sp³-hybridized carbons (Fsp3) is 0.789. The summed E-state index contributed by atoms with van der Waals surface area (Å²) in [5.74, 6) is 12.6. The van der Waals surface area contributed by atoms with Crippen LogP contribution in [0.3, 0.4) is 0 Å². The first kappa shape index (κ1) is 61.8. The minimum Gasteiger partial charge on any atom is -0.494 e. The van der Waals surface area contributed by atoms with Crippen LogP contribution in [0.4, 0.5) is 0 Å². The van der Waals surface area contributed by atoms with Gasteiger partial charge in [-0.3, -0.25) is 9.59 Å². The molecule has 8 aliphatic carbocycles. The highest BCUT2D eigenvalue weighted by Gasteiger charge is 2.62. The maximum atomic E-state index is 13.2. The van der Waals surface area contributed by atoms with Gasteiger partial charge in [0.25, 0.3) is 0 Å². The lowest BCUT2D eigenvalue weighted by molar-refractivity contribution is -0.163. The normalized spacial score (nSPS) is 36.4. The molecule has 0 bridgehead atoms. The zero-order chi connectivity index (χ0) is 57.8. The molecular weight excluding hydrogens is 1010 g/mol. The number of unbranched alkanes of at least 4 members (excludes halogenated alkanes) is 2. The highest BCUT2D eigenvalue weighted by Crippen LogP contribution is 2.70. The molecule has 0 aliphatic heterocycles. The molecule has 0 radical (unpaired) electrons. The Labute approximate surface area is 500 Å². The second kappa shape index (κ2) is 26.8. The number of hydrogen-bond acceptors (Lipinski definition) is 6. The summed E-state index contributed by atoms with van der Waals surface area (Å²) in [5, 5.41) is 0. The molecule has 2 aromatic rings. The van der Waals surface area contributed by atoms with E-state index >= 15 is 0 Å². The van der Waals surface area contributed by atoms with E-state index in [-0.39, 0.29) is 29.6 Å². The SMILES string of the molecule is CC(C)CCC[C@@H](C)[C@H]1CC[C@H]2[C@@H]3CC=C4C[C@@H](OC(=O)CCCCCOc5ccc(-c6ccc(OCCCC(=O)O[C@H]7CC[C@@]8(C)C(CC[C@H]9[C@@H]%10CC[C@H]([C@H](C)CCCC(C)C)[C@@]%10(C)CC[C@@H]98)C7)cc6)cc5)CC[C@]4(C)[C@H]3CC[C@]12C. The van der Waals surface area contributed by atoms with Crippen molar-refractivity contribution in [2.24, 2.45) is 98.6 Å². The van der Waals surface area contributed by atoms with Gasteiger partial charge in [0.1, 0.15) is 23.7 Å². The van der Waals surface area contributed by atoms with Crippen LogP contribution < -0.4 is 9.47 Å². The van der Waals surface area contributed by atoms with Crippen LogP contribution in [0.2, 0.25) is 0 Å². The summed E-state index contributed by atoms with van der Waals surface area (Å²) in [4.78, 5) is 26.3. The lowest BCUT2D eigenvalue weighted by Crippen LogP contribution is -2.54. The van der Waals surface area contributed by atoms with Crippen molar-refractivity contribution in [3.8, 4) is 22.6 Å². The highest BCUT2D eigenvalue weighted by atomic mass is 16.5. The third-order valence-corrected chi connectivity index (χ3v) is 25.8. The second-order valence-corrected chi connectivity index (χ2v) is 31.4. The summed E-state index contributed by atoms with van der Waals surface area (Å²) in [7, 11) is 0. The van der Waals surface area contributed by atoms with Crippen molar-refractivity contribution in [3.05, 3.63) is 60.2 Å². The van der Waals surface area contributed by atoms with Crippen molar-refractivity contribution >= 4 is 11.9 Å². The quantitative estimate of drug-likeness (QED) is 0.0560. The number of carbonyl (C=O) groups is 2. The number of fused-ring (bicyclic) bond motifs is 10. The van der Waals surface area contributed by atoms with Crippen LogP contribution in [0.1, 0.15) is 255 Å². The Kier molecular flexibility index (Phi) is 20.2. The van der Waals surface area contributed by atoms with Crippen LogP contribution in [0.5, 0.6) is 11.5 Å². The summed E-state index contributed by atoms with van der Waals surface area (Å²) in [6.45, 7) is 26.4. The molecule has 0 saturated heterocycles. The molecule has 2 aromatic carbocycles. The average molecular weight is 1130 g/mol. The smallest absolute Gasteiger partial charge is 0.306 e. The number of ether oxygens (including phenoxy) is 4. The van der Waals surface area contributed by atoms with Gasteiger partial charge in [0, 0.05) is 19.3 Å². The zero-order valence-electron chi connectivity index (χ0n) is 53.7. The summed E-state index contributed by atoms with van der Waals surface area (Å²) in [6, 6.07) is 16.5. The van der Waals surface area contributed by atoms with Crippen molar-refractivity contribution in [3.63, 3.8) is 0 Å². The first-order valence-corrected chi connectivity index (χ1v) is 34.9. The third kappa shape index (κ3) is 13.5. The van der Waals surface area contributed by atoms with E-state index in [1.807, 2.05) is 24.3 Å². The molecule has 6 nitrogen and oxygen atoms in total. The summed E-state index contributed by atoms with van der Waals surface area (Å²) in [5.41, 5.74) is 5.58. The number of esters is 2. The van der Waals surface area contributed by atoms with Crippen molar-refractivity contribution in [1.82, 2.24) is 0 Å². The fourth-order valence-corrected chi connectivity index (χ4v) is 21.2. The number of hydrogen-bond donors (Lipinski definition) is 0. The number of carbonyl (C=O) groups excluding carboxylic acids is 2. The molecule has 82 heavy (non-hydrogen) atoms. The van der Waals surface area contributed by atoms with E-state index in [9.17, 15) is 9.59 Å². The van der Waals surface area contributed by atoms with Gasteiger partial charge in [0.15, 0.2) is 0 Å². The predicted molar refractivity (Wildman–Crippen MR) is 336 cm³/mol. The largest absolute Gasteiger partial charge is 0.494 e. The van der Waals surface area contributed by atoms with E-state index < -0.39 is 0 Å². The highest BCUT2D eigenvalue weighted by molar-refractivity contribution is 5.70. The Hall–Kier alpha value is -3.28. The van der Waals surface area contributed by atoms with Crippen molar-refractivity contribution in [2.45, 2.75) is 268 Å². The summed E-state index contributed by atoms with van der Waals surface area (Å²) < 4.78 is 24.6. The van der Waals surface area contributed by atoms with E-state index in [0.717, 1.165) is 145 Å². The zero-order valence-corrected chi connectivity index (χ0v) is 53.7. The maximum Gasteiger partial charge on any atom is 0.306 e. The lowest BCUT2D eigenvalue weighted by atomic mass is 9.44. The molecule has 10 rings (SSSR count). The van der Waals surface area contributed by atoms with Crippen LogP contribution >= 0.6 is 0 Å². The molecule has 8 aliphatic rings. The molecule has 0 spiro atoms. The van der Waals surface area contributed by atoms with Crippen LogP contribution in [0, 0.1) is 98.6 Å². The van der Waals surface area contributed by atoms with Gasteiger partial charge in [-0.15, -0.1) is 0 Å². The van der Waals surface area contributed by atoms with Crippen molar-refractivity contribution < 1.29 is 28.5 Å². The second-order valence-electron chi connectivity index (χ2n) is 31.4. The number of allylic oxidation sites excluding steroid dienone is 1. The van der Waals surface area contributed by atoms with Gasteiger partial charge in [0.2, 0.25) is 0 Å². The Morgan fingerprint density at radius 3 is 1.60 bits per heavy atom. The van der Waals surface area contributed by atoms with Crippen LogP contribution in [0.15, 0.2) is 60.2 Å². The molecule has 1 unspecified atom stereocenters. The first-order chi connectivity index (χ1) is 39.4. The molecule has 7 fully saturated rings. The van der Waals surface area contributed by atoms with Crippen LogP contribution in [-0.4, -0.2) is 37.4 Å². The van der Waals surface area contributed by atoms with E-state index in [1.165, 1.54) is 116 Å². The van der Waals surface area contributed by atoms with Gasteiger partial charge in [-0.25, -0.2) is 0 Å². The predicted octanol–water partition coefficient (Wildman–Crippen LogP) is 20.4. The molecular formula is C76H116O6. The van der Waals surface area contributed by atoms with Gasteiger partial charge in [0.05, 0.1) is 13.2 Å². The molecule has 0 amide bonds. The topological polar surface area (TPSA) is 71.1 Å². The van der Waals surface area contributed by atoms with Gasteiger partial charge in [-0.2, -0.15) is 0 Å². The number of rotatable bonds is 25. The standard InChI is InChI=1S/C76H116O6/c1-51(2)17-14-19-53(5)65-35-37-67-63-33-27-57-49-61(39-43-73(57,7)69(63)41-45-75(65,67)9)81-71(77)21-12-11-13-47-79-59-29-23-55(24-30-59)56-25-31-60(32-26-56)80-48-16-22-72(78)82-62-40-44-74(8)58(50-62)28-34-64-68-38-36-66(54(6)20-15-18-52(3)4)76(68,10)46-42-70(64)74/h23-27,29-32,51-54,58,61-70H,11-22,28,33-50H2,1-10H3/t53-,54-,58?,61+,62+,63+,64+,65-,66-,67+,68+,69+,70+,73+,74+,75-,76-/m1/s1.